The number of hydrogen-bond donors (Lipinski definition) is 1. The predicted octanol–water partition coefficient (Wildman–Crippen LogP) is 6.14. The van der Waals surface area contributed by atoms with Gasteiger partial charge in [-0.25, -0.2) is 0 Å². The summed E-state index contributed by atoms with van der Waals surface area (Å²) in [4.78, 5) is 12.6. The lowest BCUT2D eigenvalue weighted by molar-refractivity contribution is 0.102. The molecule has 0 aromatic heterocycles. The lowest BCUT2D eigenvalue weighted by Gasteiger charge is -2.13. The largest absolute Gasteiger partial charge is 0.496 e. The number of nitrogens with one attached hydrogen (secondary N) is 1. The summed E-state index contributed by atoms with van der Waals surface area (Å²) in [5, 5.41) is 4.09. The van der Waals surface area contributed by atoms with Gasteiger partial charge in [-0.1, -0.05) is 29.3 Å². The Kier molecular flexibility index (Phi) is 6.45. The number of benzene rings is 3. The van der Waals surface area contributed by atoms with Crippen molar-refractivity contribution in [3.63, 3.8) is 0 Å². The van der Waals surface area contributed by atoms with Crippen molar-refractivity contribution in [1.82, 2.24) is 0 Å². The first-order valence-electron chi connectivity index (χ1n) is 8.59. The van der Waals surface area contributed by atoms with Gasteiger partial charge in [0.1, 0.15) is 18.1 Å². The fourth-order valence-corrected chi connectivity index (χ4v) is 2.90. The number of carbonyl (C=O) groups is 1. The highest BCUT2D eigenvalue weighted by atomic mass is 35.5. The van der Waals surface area contributed by atoms with Crippen molar-refractivity contribution in [3.05, 3.63) is 87.4 Å². The summed E-state index contributed by atoms with van der Waals surface area (Å²) in [7, 11) is 1.58. The van der Waals surface area contributed by atoms with E-state index < -0.39 is 0 Å². The fourth-order valence-electron chi connectivity index (χ4n) is 2.60. The molecule has 0 radical (unpaired) electrons. The molecule has 0 heterocycles. The average Bonchev–Trinajstić information content (AvgIpc) is 2.70. The number of halogens is 2. The van der Waals surface area contributed by atoms with E-state index in [0.717, 1.165) is 11.1 Å². The van der Waals surface area contributed by atoms with E-state index in [0.29, 0.717) is 32.8 Å². The molecule has 3 rings (SSSR count). The normalized spacial score (nSPS) is 10.4. The van der Waals surface area contributed by atoms with Gasteiger partial charge in [-0.2, -0.15) is 0 Å². The van der Waals surface area contributed by atoms with Gasteiger partial charge in [0.15, 0.2) is 0 Å². The second kappa shape index (κ2) is 9.00. The van der Waals surface area contributed by atoms with Crippen molar-refractivity contribution in [3.8, 4) is 11.5 Å². The molecule has 0 aliphatic carbocycles. The number of ether oxygens (including phenoxy) is 2. The van der Waals surface area contributed by atoms with Crippen molar-refractivity contribution in [1.29, 1.82) is 0 Å². The standard InChI is InChI=1S/C22H19Cl2NO3/c1-14-3-7-18(12-20(14)24)25-22(26)15-4-10-21(27-2)16(11-15)13-28-19-8-5-17(23)6-9-19/h3-12H,13H2,1-2H3,(H,25,26). The van der Waals surface area contributed by atoms with E-state index in [4.69, 9.17) is 32.7 Å². The van der Waals surface area contributed by atoms with Crippen LogP contribution < -0.4 is 14.8 Å². The van der Waals surface area contributed by atoms with Crippen LogP contribution >= 0.6 is 23.2 Å². The average molecular weight is 416 g/mol. The van der Waals surface area contributed by atoms with E-state index in [-0.39, 0.29) is 12.5 Å². The lowest BCUT2D eigenvalue weighted by atomic mass is 10.1. The topological polar surface area (TPSA) is 47.6 Å². The molecule has 0 atom stereocenters. The first-order valence-corrected chi connectivity index (χ1v) is 9.34. The maximum Gasteiger partial charge on any atom is 0.255 e. The van der Waals surface area contributed by atoms with E-state index >= 15 is 0 Å². The Labute approximate surface area is 174 Å². The summed E-state index contributed by atoms with van der Waals surface area (Å²) >= 11 is 12.0. The van der Waals surface area contributed by atoms with E-state index in [1.807, 2.05) is 19.1 Å². The van der Waals surface area contributed by atoms with Gasteiger partial charge in [0.25, 0.3) is 5.91 Å². The number of aryl methyl sites for hydroxylation is 1. The minimum atomic E-state index is -0.240. The molecule has 0 fully saturated rings. The van der Waals surface area contributed by atoms with Crippen molar-refractivity contribution in [2.24, 2.45) is 0 Å². The molecule has 3 aromatic rings. The van der Waals surface area contributed by atoms with Crippen LogP contribution in [-0.4, -0.2) is 13.0 Å². The van der Waals surface area contributed by atoms with E-state index in [9.17, 15) is 4.79 Å². The molecular formula is C22H19Cl2NO3. The smallest absolute Gasteiger partial charge is 0.255 e. The molecule has 0 saturated heterocycles. The van der Waals surface area contributed by atoms with Crippen LogP contribution in [0.25, 0.3) is 0 Å². The van der Waals surface area contributed by atoms with Crippen molar-refractivity contribution in [2.75, 3.05) is 12.4 Å². The van der Waals surface area contributed by atoms with Gasteiger partial charge in [-0.15, -0.1) is 0 Å². The number of rotatable bonds is 6. The van der Waals surface area contributed by atoms with Crippen LogP contribution in [0.4, 0.5) is 5.69 Å². The summed E-state index contributed by atoms with van der Waals surface area (Å²) in [5.74, 6) is 1.08. The highest BCUT2D eigenvalue weighted by Gasteiger charge is 2.12. The van der Waals surface area contributed by atoms with Crippen molar-refractivity contribution < 1.29 is 14.3 Å². The summed E-state index contributed by atoms with van der Waals surface area (Å²) in [6, 6.07) is 17.7. The Morgan fingerprint density at radius 3 is 2.43 bits per heavy atom. The molecule has 0 saturated carbocycles. The summed E-state index contributed by atoms with van der Waals surface area (Å²) in [5.41, 5.74) is 2.83. The molecule has 0 aliphatic heterocycles. The molecule has 28 heavy (non-hydrogen) atoms. The number of amides is 1. The van der Waals surface area contributed by atoms with Gasteiger partial charge in [0.05, 0.1) is 7.11 Å². The molecule has 0 aliphatic rings. The molecule has 0 bridgehead atoms. The maximum absolute atomic E-state index is 12.6. The van der Waals surface area contributed by atoms with Crippen LogP contribution in [-0.2, 0) is 6.61 Å². The summed E-state index contributed by atoms with van der Waals surface area (Å²) in [6.45, 7) is 2.16. The minimum Gasteiger partial charge on any atom is -0.496 e. The molecule has 144 valence electrons. The molecule has 1 N–H and O–H groups in total. The Bertz CT molecular complexity index is 988. The first kappa shape index (κ1) is 20.1. The Morgan fingerprint density at radius 1 is 1.00 bits per heavy atom. The third-order valence-electron chi connectivity index (χ3n) is 4.18. The van der Waals surface area contributed by atoms with Gasteiger partial charge >= 0.3 is 0 Å². The zero-order chi connectivity index (χ0) is 20.1. The highest BCUT2D eigenvalue weighted by Crippen LogP contribution is 2.25. The molecule has 0 unspecified atom stereocenters. The van der Waals surface area contributed by atoms with Crippen LogP contribution in [0.3, 0.4) is 0 Å². The third kappa shape index (κ3) is 4.97. The zero-order valence-corrected chi connectivity index (χ0v) is 17.0. The first-order chi connectivity index (χ1) is 13.5. The second-order valence-corrected chi connectivity index (χ2v) is 7.03. The molecule has 4 nitrogen and oxygen atoms in total. The third-order valence-corrected chi connectivity index (χ3v) is 4.84. The van der Waals surface area contributed by atoms with Crippen LogP contribution in [0.1, 0.15) is 21.5 Å². The molecule has 0 spiro atoms. The lowest BCUT2D eigenvalue weighted by Crippen LogP contribution is -2.13. The van der Waals surface area contributed by atoms with E-state index in [2.05, 4.69) is 5.32 Å². The maximum atomic E-state index is 12.6. The van der Waals surface area contributed by atoms with Crippen LogP contribution in [0.15, 0.2) is 60.7 Å². The van der Waals surface area contributed by atoms with Gasteiger partial charge < -0.3 is 14.8 Å². The number of hydrogen-bond acceptors (Lipinski definition) is 3. The van der Waals surface area contributed by atoms with Crippen LogP contribution in [0, 0.1) is 6.92 Å². The summed E-state index contributed by atoms with van der Waals surface area (Å²) < 4.78 is 11.2. The number of methoxy groups -OCH3 is 1. The molecule has 3 aromatic carbocycles. The molecule has 1 amide bonds. The summed E-state index contributed by atoms with van der Waals surface area (Å²) in [6.07, 6.45) is 0. The van der Waals surface area contributed by atoms with E-state index in [1.54, 1.807) is 55.6 Å². The van der Waals surface area contributed by atoms with Crippen LogP contribution in [0.5, 0.6) is 11.5 Å². The van der Waals surface area contributed by atoms with Gasteiger partial charge in [-0.3, -0.25) is 4.79 Å². The fraction of sp³-hybridized carbons (Fsp3) is 0.136. The second-order valence-electron chi connectivity index (χ2n) is 6.19. The predicted molar refractivity (Wildman–Crippen MR) is 113 cm³/mol. The number of anilines is 1. The Balaban J connectivity index is 1.76. The monoisotopic (exact) mass is 415 g/mol. The van der Waals surface area contributed by atoms with Gasteiger partial charge in [0.2, 0.25) is 0 Å². The van der Waals surface area contributed by atoms with Crippen LogP contribution in [0.2, 0.25) is 10.0 Å². The van der Waals surface area contributed by atoms with Gasteiger partial charge in [0, 0.05) is 26.9 Å². The Morgan fingerprint density at radius 2 is 1.75 bits per heavy atom. The SMILES string of the molecule is COc1ccc(C(=O)Nc2ccc(C)c(Cl)c2)cc1COc1ccc(Cl)cc1. The minimum absolute atomic E-state index is 0.240. The molecule has 6 heteroatoms. The van der Waals surface area contributed by atoms with Gasteiger partial charge in [-0.05, 0) is 67.1 Å². The quantitative estimate of drug-likeness (QED) is 0.525. The van der Waals surface area contributed by atoms with Crippen molar-refractivity contribution >= 4 is 34.8 Å². The van der Waals surface area contributed by atoms with E-state index in [1.165, 1.54) is 0 Å². The Hall–Kier alpha value is -2.69. The highest BCUT2D eigenvalue weighted by molar-refractivity contribution is 6.31. The van der Waals surface area contributed by atoms with Crippen molar-refractivity contribution in [2.45, 2.75) is 13.5 Å². The molecular weight excluding hydrogens is 397 g/mol. The number of carbonyl (C=O) groups excluding carboxylic acids is 1. The zero-order valence-electron chi connectivity index (χ0n) is 15.5.